The van der Waals surface area contributed by atoms with Crippen LogP contribution in [-0.2, 0) is 20.7 Å². The van der Waals surface area contributed by atoms with Crippen LogP contribution in [0.5, 0.6) is 0 Å². The van der Waals surface area contributed by atoms with Gasteiger partial charge >= 0.3 is 5.97 Å². The van der Waals surface area contributed by atoms with Gasteiger partial charge in [0.25, 0.3) is 5.91 Å². The zero-order chi connectivity index (χ0) is 19.8. The van der Waals surface area contributed by atoms with Gasteiger partial charge in [-0.1, -0.05) is 25.1 Å². The van der Waals surface area contributed by atoms with Crippen LogP contribution < -0.4 is 5.43 Å². The lowest BCUT2D eigenvalue weighted by Gasteiger charge is -2.39. The standard InChI is InChI=1S/C22H27N3O3/c1-4-10-24-11-6-8-16-17-7-5-9-19-22(17)18(12-20(16)24)14(2)25(19)23-21(27)13-28-15(3)26/h5,7-9,20H,4,6,10-13H2,1-3H3,(H,23,27)/t20-/m1/s1. The van der Waals surface area contributed by atoms with Crippen molar-refractivity contribution in [1.29, 1.82) is 0 Å². The fourth-order valence-corrected chi connectivity index (χ4v) is 4.65. The van der Waals surface area contributed by atoms with Gasteiger partial charge in [-0.3, -0.25) is 24.6 Å². The van der Waals surface area contributed by atoms with Crippen LogP contribution >= 0.6 is 0 Å². The fraction of sp³-hybridized carbons (Fsp3) is 0.455. The lowest BCUT2D eigenvalue weighted by Crippen LogP contribution is -2.42. The van der Waals surface area contributed by atoms with Crippen LogP contribution in [0.25, 0.3) is 16.5 Å². The molecule has 1 aromatic heterocycles. The van der Waals surface area contributed by atoms with Crippen LogP contribution in [0.3, 0.4) is 0 Å². The quantitative estimate of drug-likeness (QED) is 0.809. The second-order valence-corrected chi connectivity index (χ2v) is 7.62. The van der Waals surface area contributed by atoms with E-state index in [-0.39, 0.29) is 12.5 Å². The second-order valence-electron chi connectivity index (χ2n) is 7.62. The molecule has 4 rings (SSSR count). The summed E-state index contributed by atoms with van der Waals surface area (Å²) in [6.07, 6.45) is 5.57. The number of nitrogens with one attached hydrogen (secondary N) is 1. The summed E-state index contributed by atoms with van der Waals surface area (Å²) in [5, 5.41) is 1.23. The van der Waals surface area contributed by atoms with Crippen molar-refractivity contribution >= 4 is 28.4 Å². The summed E-state index contributed by atoms with van der Waals surface area (Å²) in [5.74, 6) is -0.798. The van der Waals surface area contributed by atoms with Gasteiger partial charge < -0.3 is 4.74 Å². The van der Waals surface area contributed by atoms with E-state index in [1.807, 2.05) is 17.7 Å². The average Bonchev–Trinajstić information content (AvgIpc) is 2.94. The maximum absolute atomic E-state index is 12.3. The Kier molecular flexibility index (Phi) is 4.98. The van der Waals surface area contributed by atoms with Crippen molar-refractivity contribution in [2.75, 3.05) is 25.1 Å². The second kappa shape index (κ2) is 7.43. The number of hydrogen-bond donors (Lipinski definition) is 1. The normalized spacial score (nSPS) is 18.5. The van der Waals surface area contributed by atoms with Gasteiger partial charge in [-0.15, -0.1) is 0 Å². The summed E-state index contributed by atoms with van der Waals surface area (Å²) in [6, 6.07) is 6.69. The molecule has 0 saturated carbocycles. The number of benzene rings is 1. The van der Waals surface area contributed by atoms with Crippen molar-refractivity contribution in [2.24, 2.45) is 0 Å². The number of hydrogen-bond acceptors (Lipinski definition) is 4. The number of fused-ring (bicyclic) bond motifs is 2. The first kappa shape index (κ1) is 18.7. The maximum Gasteiger partial charge on any atom is 0.303 e. The maximum atomic E-state index is 12.3. The summed E-state index contributed by atoms with van der Waals surface area (Å²) in [5.41, 5.74) is 8.93. The van der Waals surface area contributed by atoms with Gasteiger partial charge in [0.1, 0.15) is 0 Å². The highest BCUT2D eigenvalue weighted by molar-refractivity contribution is 6.01. The molecule has 2 aliphatic rings. The average molecular weight is 381 g/mol. The van der Waals surface area contributed by atoms with Gasteiger partial charge in [-0.2, -0.15) is 0 Å². The first-order chi connectivity index (χ1) is 13.5. The molecule has 1 aliphatic carbocycles. The zero-order valence-corrected chi connectivity index (χ0v) is 16.7. The van der Waals surface area contributed by atoms with E-state index < -0.39 is 5.97 Å². The number of amides is 1. The molecule has 2 aromatic rings. The van der Waals surface area contributed by atoms with Crippen molar-refractivity contribution < 1.29 is 14.3 Å². The Balaban J connectivity index is 1.75. The smallest absolute Gasteiger partial charge is 0.303 e. The number of nitrogens with zero attached hydrogens (tertiary/aromatic N) is 2. The summed E-state index contributed by atoms with van der Waals surface area (Å²) >= 11 is 0. The highest BCUT2D eigenvalue weighted by atomic mass is 16.5. The molecular formula is C22H27N3O3. The number of rotatable bonds is 5. The molecule has 6 heteroatoms. The van der Waals surface area contributed by atoms with Crippen molar-refractivity contribution in [3.63, 3.8) is 0 Å². The Morgan fingerprint density at radius 2 is 2.14 bits per heavy atom. The van der Waals surface area contributed by atoms with Gasteiger partial charge in [0.05, 0.1) is 5.52 Å². The third-order valence-electron chi connectivity index (χ3n) is 5.80. The number of esters is 1. The van der Waals surface area contributed by atoms with Crippen molar-refractivity contribution in [3.8, 4) is 0 Å². The molecule has 28 heavy (non-hydrogen) atoms. The summed E-state index contributed by atoms with van der Waals surface area (Å²) in [4.78, 5) is 25.9. The number of aromatic nitrogens is 1. The molecule has 2 heterocycles. The molecule has 0 fully saturated rings. The Labute approximate surface area is 165 Å². The highest BCUT2D eigenvalue weighted by Gasteiger charge is 2.34. The van der Waals surface area contributed by atoms with Crippen molar-refractivity contribution in [3.05, 3.63) is 41.1 Å². The first-order valence-electron chi connectivity index (χ1n) is 10.0. The molecule has 0 unspecified atom stereocenters. The Hall–Kier alpha value is -2.60. The third-order valence-corrected chi connectivity index (χ3v) is 5.80. The van der Waals surface area contributed by atoms with E-state index in [0.717, 1.165) is 43.6 Å². The van der Waals surface area contributed by atoms with E-state index in [9.17, 15) is 9.59 Å². The van der Waals surface area contributed by atoms with E-state index in [4.69, 9.17) is 4.74 Å². The van der Waals surface area contributed by atoms with Crippen LogP contribution in [0.1, 0.15) is 43.5 Å². The molecule has 6 nitrogen and oxygen atoms in total. The predicted octanol–water partition coefficient (Wildman–Crippen LogP) is 3.01. The Morgan fingerprint density at radius 1 is 1.32 bits per heavy atom. The Bertz CT molecular complexity index is 973. The van der Waals surface area contributed by atoms with E-state index in [2.05, 4.69) is 35.5 Å². The van der Waals surface area contributed by atoms with Crippen LogP contribution in [-0.4, -0.2) is 47.2 Å². The number of carbonyl (C=O) groups is 2. The molecule has 0 spiro atoms. The topological polar surface area (TPSA) is 63.6 Å². The van der Waals surface area contributed by atoms with Gasteiger partial charge in [0.2, 0.25) is 0 Å². The van der Waals surface area contributed by atoms with Gasteiger partial charge in [-0.25, -0.2) is 0 Å². The fourth-order valence-electron chi connectivity index (χ4n) is 4.65. The zero-order valence-electron chi connectivity index (χ0n) is 16.7. The molecule has 148 valence electrons. The Morgan fingerprint density at radius 3 is 2.89 bits per heavy atom. The largest absolute Gasteiger partial charge is 0.456 e. The molecule has 0 saturated heterocycles. The molecule has 0 bridgehead atoms. The van der Waals surface area contributed by atoms with Crippen molar-refractivity contribution in [1.82, 2.24) is 9.58 Å². The minimum atomic E-state index is -0.461. The summed E-state index contributed by atoms with van der Waals surface area (Å²) in [6.45, 7) is 7.51. The summed E-state index contributed by atoms with van der Waals surface area (Å²) < 4.78 is 6.68. The molecule has 1 aromatic carbocycles. The van der Waals surface area contributed by atoms with E-state index in [1.54, 1.807) is 0 Å². The van der Waals surface area contributed by atoms with E-state index in [0.29, 0.717) is 6.04 Å². The monoisotopic (exact) mass is 381 g/mol. The van der Waals surface area contributed by atoms with Crippen LogP contribution in [0.2, 0.25) is 0 Å². The molecule has 1 aliphatic heterocycles. The van der Waals surface area contributed by atoms with Gasteiger partial charge in [0.15, 0.2) is 6.61 Å². The van der Waals surface area contributed by atoms with Crippen LogP contribution in [0, 0.1) is 6.92 Å². The van der Waals surface area contributed by atoms with E-state index in [1.165, 1.54) is 29.0 Å². The molecule has 1 amide bonds. The lowest BCUT2D eigenvalue weighted by atomic mass is 9.81. The van der Waals surface area contributed by atoms with Crippen LogP contribution in [0.4, 0.5) is 0 Å². The SMILES string of the molecule is CCCN1CCC=C2c3cccc4c3c(c(C)n4NC(=O)COC(C)=O)C[C@H]21. The van der Waals surface area contributed by atoms with Gasteiger partial charge in [-0.05, 0) is 55.5 Å². The molecule has 1 N–H and O–H groups in total. The minimum Gasteiger partial charge on any atom is -0.456 e. The summed E-state index contributed by atoms with van der Waals surface area (Å²) in [7, 11) is 0. The molecule has 0 radical (unpaired) electrons. The van der Waals surface area contributed by atoms with E-state index >= 15 is 0 Å². The molecular weight excluding hydrogens is 354 g/mol. The highest BCUT2D eigenvalue weighted by Crippen LogP contribution is 2.42. The van der Waals surface area contributed by atoms with Gasteiger partial charge in [0, 0.05) is 30.6 Å². The minimum absolute atomic E-state index is 0.276. The van der Waals surface area contributed by atoms with Crippen LogP contribution in [0.15, 0.2) is 24.3 Å². The number of ether oxygens (including phenoxy) is 1. The lowest BCUT2D eigenvalue weighted by molar-refractivity contribution is -0.145. The molecule has 1 atom stereocenters. The predicted molar refractivity (Wildman–Crippen MR) is 110 cm³/mol. The van der Waals surface area contributed by atoms with Crippen molar-refractivity contribution in [2.45, 2.75) is 46.1 Å². The third kappa shape index (κ3) is 3.11. The first-order valence-corrected chi connectivity index (χ1v) is 10.0. The number of carbonyl (C=O) groups excluding carboxylic acids is 2.